The summed E-state index contributed by atoms with van der Waals surface area (Å²) in [4.78, 5) is 26.1. The molecule has 56 heavy (non-hydrogen) atoms. The van der Waals surface area contributed by atoms with Crippen molar-refractivity contribution in [3.8, 4) is 11.6 Å². The zero-order chi connectivity index (χ0) is 39.1. The SMILES string of the molecule is CCOP(=O)(CCN(Cc1ccccn1)C(=O)c1c2cccnc2c(OC(c2ccccc2)c2ccccc2)c2c(O)n(Cc3ccc(F)cc3)cc12)OCC. The summed E-state index contributed by atoms with van der Waals surface area (Å²) in [5.74, 6) is -0.662. The molecule has 4 aromatic carbocycles. The minimum Gasteiger partial charge on any atom is -0.494 e. The first kappa shape index (κ1) is 38.4. The summed E-state index contributed by atoms with van der Waals surface area (Å²) >= 11 is 0. The van der Waals surface area contributed by atoms with Crippen molar-refractivity contribution in [2.24, 2.45) is 0 Å². The number of nitrogens with zero attached hydrogens (tertiary/aromatic N) is 4. The van der Waals surface area contributed by atoms with E-state index in [1.807, 2.05) is 72.8 Å². The Morgan fingerprint density at radius 3 is 2.09 bits per heavy atom. The van der Waals surface area contributed by atoms with Crippen molar-refractivity contribution < 1.29 is 32.6 Å². The maximum absolute atomic E-state index is 15.2. The van der Waals surface area contributed by atoms with E-state index >= 15 is 4.79 Å². The average molecular weight is 773 g/mol. The number of ether oxygens (including phenoxy) is 1. The summed E-state index contributed by atoms with van der Waals surface area (Å²) < 4.78 is 47.4. The Balaban J connectivity index is 1.44. The van der Waals surface area contributed by atoms with Crippen LogP contribution in [0.4, 0.5) is 4.39 Å². The van der Waals surface area contributed by atoms with E-state index in [0.717, 1.165) is 16.7 Å². The van der Waals surface area contributed by atoms with Crippen molar-refractivity contribution >= 4 is 35.2 Å². The van der Waals surface area contributed by atoms with Crippen molar-refractivity contribution in [1.29, 1.82) is 0 Å². The Labute approximate surface area is 324 Å². The molecule has 286 valence electrons. The Hall–Kier alpha value is -5.87. The van der Waals surface area contributed by atoms with E-state index in [-0.39, 0.29) is 67.4 Å². The topological polar surface area (TPSA) is 116 Å². The first-order valence-electron chi connectivity index (χ1n) is 18.5. The van der Waals surface area contributed by atoms with Gasteiger partial charge in [0.25, 0.3) is 5.91 Å². The van der Waals surface area contributed by atoms with Gasteiger partial charge in [0.05, 0.1) is 49.1 Å². The molecule has 0 aliphatic heterocycles. The number of halogens is 1. The third-order valence-electron chi connectivity index (χ3n) is 9.42. The molecule has 0 aliphatic carbocycles. The first-order chi connectivity index (χ1) is 27.3. The average Bonchev–Trinajstić information content (AvgIpc) is 3.54. The predicted molar refractivity (Wildman–Crippen MR) is 214 cm³/mol. The van der Waals surface area contributed by atoms with Crippen LogP contribution in [0.15, 0.2) is 134 Å². The smallest absolute Gasteiger partial charge is 0.332 e. The van der Waals surface area contributed by atoms with E-state index in [1.54, 1.807) is 72.2 Å². The largest absolute Gasteiger partial charge is 0.494 e. The van der Waals surface area contributed by atoms with Gasteiger partial charge in [0.1, 0.15) is 17.4 Å². The van der Waals surface area contributed by atoms with Gasteiger partial charge in [0.2, 0.25) is 5.88 Å². The van der Waals surface area contributed by atoms with Crippen molar-refractivity contribution in [2.75, 3.05) is 25.9 Å². The second-order valence-electron chi connectivity index (χ2n) is 13.1. The Kier molecular flexibility index (Phi) is 11.9. The Morgan fingerprint density at radius 2 is 1.46 bits per heavy atom. The second kappa shape index (κ2) is 17.3. The number of hydrogen-bond acceptors (Lipinski definition) is 8. The second-order valence-corrected chi connectivity index (χ2v) is 15.3. The molecule has 7 aromatic rings. The molecular formula is C44H42FN4O6P. The van der Waals surface area contributed by atoms with Crippen LogP contribution in [0.2, 0.25) is 0 Å². The fraction of sp³-hybridized carbons (Fsp3) is 0.205. The van der Waals surface area contributed by atoms with E-state index in [2.05, 4.69) is 4.98 Å². The maximum atomic E-state index is 15.2. The van der Waals surface area contributed by atoms with Gasteiger partial charge in [0, 0.05) is 35.9 Å². The molecular weight excluding hydrogens is 730 g/mol. The quantitative estimate of drug-likeness (QED) is 0.0967. The van der Waals surface area contributed by atoms with Gasteiger partial charge in [-0.3, -0.25) is 19.3 Å². The summed E-state index contributed by atoms with van der Waals surface area (Å²) in [7, 11) is -3.55. The van der Waals surface area contributed by atoms with E-state index < -0.39 is 19.6 Å². The summed E-state index contributed by atoms with van der Waals surface area (Å²) in [6, 6.07) is 34.5. The lowest BCUT2D eigenvalue weighted by atomic mass is 9.98. The summed E-state index contributed by atoms with van der Waals surface area (Å²) in [6.07, 6.45) is 4.31. The van der Waals surface area contributed by atoms with Gasteiger partial charge < -0.3 is 28.4 Å². The highest BCUT2D eigenvalue weighted by Gasteiger charge is 2.32. The van der Waals surface area contributed by atoms with Crippen LogP contribution < -0.4 is 4.74 Å². The highest BCUT2D eigenvalue weighted by molar-refractivity contribution is 7.53. The lowest BCUT2D eigenvalue weighted by Gasteiger charge is -2.26. The number of carbonyl (C=O) groups excluding carboxylic acids is 1. The lowest BCUT2D eigenvalue weighted by Crippen LogP contribution is -2.34. The van der Waals surface area contributed by atoms with Crippen LogP contribution in [0.3, 0.4) is 0 Å². The number of carbonyl (C=O) groups is 1. The van der Waals surface area contributed by atoms with Crippen LogP contribution in [-0.2, 0) is 26.7 Å². The fourth-order valence-electron chi connectivity index (χ4n) is 6.87. The minimum absolute atomic E-state index is 0.0144. The van der Waals surface area contributed by atoms with Gasteiger partial charge in [-0.15, -0.1) is 0 Å². The molecule has 0 radical (unpaired) electrons. The number of amides is 1. The normalized spacial score (nSPS) is 11.7. The highest BCUT2D eigenvalue weighted by atomic mass is 31.2. The number of rotatable bonds is 16. The number of aromatic hydroxyl groups is 1. The predicted octanol–water partition coefficient (Wildman–Crippen LogP) is 9.55. The Bertz CT molecular complexity index is 2420. The molecule has 0 bridgehead atoms. The van der Waals surface area contributed by atoms with Crippen LogP contribution in [-0.4, -0.2) is 56.4 Å². The highest BCUT2D eigenvalue weighted by Crippen LogP contribution is 2.49. The van der Waals surface area contributed by atoms with Gasteiger partial charge in [-0.25, -0.2) is 4.39 Å². The molecule has 1 amide bonds. The van der Waals surface area contributed by atoms with E-state index in [9.17, 15) is 14.1 Å². The Morgan fingerprint density at radius 1 is 0.821 bits per heavy atom. The third-order valence-corrected chi connectivity index (χ3v) is 11.5. The lowest BCUT2D eigenvalue weighted by molar-refractivity contribution is 0.0752. The number of hydrogen-bond donors (Lipinski definition) is 1. The van der Waals surface area contributed by atoms with E-state index in [4.69, 9.17) is 18.8 Å². The fourth-order valence-corrected chi connectivity index (χ4v) is 8.47. The van der Waals surface area contributed by atoms with Crippen LogP contribution in [0.5, 0.6) is 11.6 Å². The standard InChI is InChI=1S/C44H42FN4O6P/c1-3-53-56(52,54-4-2)27-26-48(29-35-18-11-12-24-46-35)43(50)38-36-19-13-25-47-40(36)42(55-41(32-14-7-5-8-15-32)33-16-9-6-10-17-33)39-37(38)30-49(44(39)51)28-31-20-22-34(45)23-21-31/h5-25,30,41,51H,3-4,26-29H2,1-2H3. The van der Waals surface area contributed by atoms with Crippen molar-refractivity contribution in [3.05, 3.63) is 168 Å². The number of aromatic nitrogens is 3. The molecule has 0 atom stereocenters. The number of fused-ring (bicyclic) bond motifs is 2. The van der Waals surface area contributed by atoms with E-state index in [0.29, 0.717) is 22.0 Å². The molecule has 7 rings (SSSR count). The first-order valence-corrected chi connectivity index (χ1v) is 20.2. The van der Waals surface area contributed by atoms with Crippen molar-refractivity contribution in [1.82, 2.24) is 19.4 Å². The van der Waals surface area contributed by atoms with Gasteiger partial charge in [-0.05, 0) is 60.9 Å². The van der Waals surface area contributed by atoms with Crippen molar-refractivity contribution in [3.63, 3.8) is 0 Å². The molecule has 3 heterocycles. The zero-order valence-electron chi connectivity index (χ0n) is 31.1. The van der Waals surface area contributed by atoms with Crippen LogP contribution in [0, 0.1) is 5.82 Å². The number of benzene rings is 4. The maximum Gasteiger partial charge on any atom is 0.332 e. The number of pyridine rings is 2. The molecule has 12 heteroatoms. The molecule has 0 saturated carbocycles. The van der Waals surface area contributed by atoms with Gasteiger partial charge >= 0.3 is 7.60 Å². The molecule has 1 N–H and O–H groups in total. The third kappa shape index (κ3) is 8.35. The zero-order valence-corrected chi connectivity index (χ0v) is 32.0. The van der Waals surface area contributed by atoms with Crippen LogP contribution in [0.1, 0.15) is 52.7 Å². The molecule has 0 aliphatic rings. The monoisotopic (exact) mass is 772 g/mol. The van der Waals surface area contributed by atoms with Crippen LogP contribution in [0.25, 0.3) is 21.7 Å². The molecule has 0 fully saturated rings. The summed E-state index contributed by atoms with van der Waals surface area (Å²) in [5, 5.41) is 13.4. The molecule has 0 saturated heterocycles. The minimum atomic E-state index is -3.55. The molecule has 0 spiro atoms. The van der Waals surface area contributed by atoms with Gasteiger partial charge in [-0.1, -0.05) is 84.9 Å². The van der Waals surface area contributed by atoms with Crippen molar-refractivity contribution in [2.45, 2.75) is 33.0 Å². The molecule has 0 unspecified atom stereocenters. The summed E-state index contributed by atoms with van der Waals surface area (Å²) in [5.41, 5.74) is 3.71. The molecule has 3 aromatic heterocycles. The summed E-state index contributed by atoms with van der Waals surface area (Å²) in [6.45, 7) is 4.11. The van der Waals surface area contributed by atoms with Gasteiger partial charge in [0.15, 0.2) is 5.75 Å². The van der Waals surface area contributed by atoms with E-state index in [1.165, 1.54) is 12.1 Å². The molecule has 10 nitrogen and oxygen atoms in total. The van der Waals surface area contributed by atoms with Crippen LogP contribution >= 0.6 is 7.60 Å². The van der Waals surface area contributed by atoms with Gasteiger partial charge in [-0.2, -0.15) is 0 Å².